The Labute approximate surface area is 111 Å². The molecule has 0 bridgehead atoms. The van der Waals surface area contributed by atoms with Gasteiger partial charge >= 0.3 is 17.9 Å². The summed E-state index contributed by atoms with van der Waals surface area (Å²) in [5, 5.41) is 18.8. The number of carboxylic acid groups (broad SMARTS) is 1. The first-order chi connectivity index (χ1) is 8.71. The largest absolute Gasteiger partial charge is 0.479 e. The van der Waals surface area contributed by atoms with Crippen LogP contribution in [-0.4, -0.2) is 46.4 Å². The van der Waals surface area contributed by atoms with Gasteiger partial charge in [0.15, 0.2) is 5.60 Å². The molecular formula is C12H20O7. The van der Waals surface area contributed by atoms with Gasteiger partial charge in [-0.05, 0) is 20.3 Å². The highest BCUT2D eigenvalue weighted by molar-refractivity contribution is 5.89. The van der Waals surface area contributed by atoms with Gasteiger partial charge in [0.05, 0.1) is 25.6 Å². The van der Waals surface area contributed by atoms with Crippen molar-refractivity contribution in [2.45, 2.75) is 51.7 Å². The van der Waals surface area contributed by atoms with Crippen LogP contribution in [0.25, 0.3) is 0 Å². The Balaban J connectivity index is 4.63. The van der Waals surface area contributed by atoms with Crippen LogP contribution >= 0.6 is 0 Å². The van der Waals surface area contributed by atoms with Gasteiger partial charge < -0.3 is 19.7 Å². The van der Waals surface area contributed by atoms with E-state index in [0.717, 1.165) is 0 Å². The van der Waals surface area contributed by atoms with Crippen molar-refractivity contribution in [3.8, 4) is 0 Å². The third-order valence-corrected chi connectivity index (χ3v) is 2.11. The van der Waals surface area contributed by atoms with Gasteiger partial charge in [0.1, 0.15) is 0 Å². The average molecular weight is 276 g/mol. The summed E-state index contributed by atoms with van der Waals surface area (Å²) < 4.78 is 9.43. The van der Waals surface area contributed by atoms with Crippen LogP contribution in [0.3, 0.4) is 0 Å². The van der Waals surface area contributed by atoms with Crippen LogP contribution in [-0.2, 0) is 23.9 Å². The molecule has 7 nitrogen and oxygen atoms in total. The molecule has 0 saturated heterocycles. The maximum Gasteiger partial charge on any atom is 0.336 e. The number of ether oxygens (including phenoxy) is 2. The molecule has 0 aliphatic carbocycles. The van der Waals surface area contributed by atoms with Crippen LogP contribution in [0.5, 0.6) is 0 Å². The Bertz CT molecular complexity index is 337. The molecule has 1 unspecified atom stereocenters. The number of esters is 2. The Hall–Kier alpha value is -1.63. The van der Waals surface area contributed by atoms with Crippen LogP contribution in [0, 0.1) is 0 Å². The predicted molar refractivity (Wildman–Crippen MR) is 64.3 cm³/mol. The van der Waals surface area contributed by atoms with Crippen molar-refractivity contribution in [3.63, 3.8) is 0 Å². The van der Waals surface area contributed by atoms with Gasteiger partial charge in [-0.15, -0.1) is 0 Å². The predicted octanol–water partition coefficient (Wildman–Crippen LogP) is 0.487. The van der Waals surface area contributed by atoms with Gasteiger partial charge in [-0.3, -0.25) is 9.59 Å². The maximum absolute atomic E-state index is 11.4. The van der Waals surface area contributed by atoms with Gasteiger partial charge in [0.25, 0.3) is 0 Å². The molecule has 1 atom stereocenters. The number of aliphatic hydroxyl groups is 1. The number of hydrogen-bond donors (Lipinski definition) is 2. The number of rotatable bonds is 8. The molecule has 0 saturated carbocycles. The molecule has 0 heterocycles. The maximum atomic E-state index is 11.4. The molecule has 19 heavy (non-hydrogen) atoms. The highest BCUT2D eigenvalue weighted by Crippen LogP contribution is 2.18. The number of carboxylic acids is 1. The summed E-state index contributed by atoms with van der Waals surface area (Å²) in [6.07, 6.45) is -1.46. The van der Waals surface area contributed by atoms with Crippen molar-refractivity contribution in [1.29, 1.82) is 0 Å². The van der Waals surface area contributed by atoms with E-state index in [1.165, 1.54) is 0 Å². The highest BCUT2D eigenvalue weighted by atomic mass is 16.5. The zero-order valence-electron chi connectivity index (χ0n) is 11.3. The molecule has 7 heteroatoms. The highest BCUT2D eigenvalue weighted by Gasteiger charge is 2.42. The molecule has 0 aliphatic heterocycles. The normalized spacial score (nSPS) is 13.7. The fraction of sp³-hybridized carbons (Fsp3) is 0.750. The summed E-state index contributed by atoms with van der Waals surface area (Å²) in [5.74, 6) is -3.42. The van der Waals surface area contributed by atoms with E-state index in [2.05, 4.69) is 4.74 Å². The first kappa shape index (κ1) is 17.4. The lowest BCUT2D eigenvalue weighted by atomic mass is 9.96. The van der Waals surface area contributed by atoms with Crippen LogP contribution in [0.1, 0.15) is 40.0 Å². The average Bonchev–Trinajstić information content (AvgIpc) is 2.24. The van der Waals surface area contributed by atoms with Crippen LogP contribution in [0.2, 0.25) is 0 Å². The van der Waals surface area contributed by atoms with E-state index in [1.54, 1.807) is 20.8 Å². The monoisotopic (exact) mass is 276 g/mol. The van der Waals surface area contributed by atoms with E-state index < -0.39 is 42.5 Å². The minimum absolute atomic E-state index is 0.130. The molecule has 2 N–H and O–H groups in total. The molecule has 0 rings (SSSR count). The lowest BCUT2D eigenvalue weighted by molar-refractivity contribution is -0.174. The second kappa shape index (κ2) is 7.73. The van der Waals surface area contributed by atoms with Crippen LogP contribution in [0.15, 0.2) is 0 Å². The van der Waals surface area contributed by atoms with E-state index in [-0.39, 0.29) is 6.61 Å². The van der Waals surface area contributed by atoms with Crippen molar-refractivity contribution in [2.24, 2.45) is 0 Å². The molecule has 0 radical (unpaired) electrons. The van der Waals surface area contributed by atoms with Crippen molar-refractivity contribution in [3.05, 3.63) is 0 Å². The molecule has 110 valence electrons. The number of carbonyl (C=O) groups is 3. The number of hydrogen-bond acceptors (Lipinski definition) is 6. The zero-order valence-corrected chi connectivity index (χ0v) is 11.3. The van der Waals surface area contributed by atoms with Gasteiger partial charge in [-0.2, -0.15) is 0 Å². The SMILES string of the molecule is CCCOC(=O)CC(O)(CC(=O)OC(C)C)C(=O)O. The fourth-order valence-corrected chi connectivity index (χ4v) is 1.26. The smallest absolute Gasteiger partial charge is 0.336 e. The number of aliphatic carboxylic acids is 1. The van der Waals surface area contributed by atoms with Crippen molar-refractivity contribution >= 4 is 17.9 Å². The van der Waals surface area contributed by atoms with Gasteiger partial charge in [0, 0.05) is 0 Å². The van der Waals surface area contributed by atoms with E-state index >= 15 is 0 Å². The topological polar surface area (TPSA) is 110 Å². The third-order valence-electron chi connectivity index (χ3n) is 2.11. The standard InChI is InChI=1S/C12H20O7/c1-4-5-18-9(13)6-12(17,11(15)16)7-10(14)19-8(2)3/h8,17H,4-7H2,1-3H3,(H,15,16). The second-order valence-corrected chi connectivity index (χ2v) is 4.45. The van der Waals surface area contributed by atoms with Gasteiger partial charge in [-0.1, -0.05) is 6.92 Å². The molecule has 0 spiro atoms. The number of carbonyl (C=O) groups excluding carboxylic acids is 2. The Morgan fingerprint density at radius 1 is 1.16 bits per heavy atom. The van der Waals surface area contributed by atoms with Crippen molar-refractivity contribution < 1.29 is 34.1 Å². The minimum Gasteiger partial charge on any atom is -0.479 e. The lowest BCUT2D eigenvalue weighted by Gasteiger charge is -2.22. The van der Waals surface area contributed by atoms with Crippen molar-refractivity contribution in [2.75, 3.05) is 6.61 Å². The third kappa shape index (κ3) is 6.76. The first-order valence-corrected chi connectivity index (χ1v) is 6.02. The second-order valence-electron chi connectivity index (χ2n) is 4.45. The summed E-state index contributed by atoms with van der Waals surface area (Å²) in [6.45, 7) is 5.09. The molecule has 0 fully saturated rings. The Morgan fingerprint density at radius 3 is 2.11 bits per heavy atom. The van der Waals surface area contributed by atoms with E-state index in [0.29, 0.717) is 6.42 Å². The minimum atomic E-state index is -2.50. The molecule has 0 aliphatic rings. The summed E-state index contributed by atoms with van der Waals surface area (Å²) in [4.78, 5) is 33.7. The fourth-order valence-electron chi connectivity index (χ4n) is 1.26. The van der Waals surface area contributed by atoms with Gasteiger partial charge in [-0.25, -0.2) is 4.79 Å². The Morgan fingerprint density at radius 2 is 1.68 bits per heavy atom. The van der Waals surface area contributed by atoms with E-state index in [4.69, 9.17) is 9.84 Å². The van der Waals surface area contributed by atoms with Crippen LogP contribution < -0.4 is 0 Å². The summed E-state index contributed by atoms with van der Waals surface area (Å²) in [5.41, 5.74) is -2.50. The molecule has 0 aromatic carbocycles. The Kier molecular flexibility index (Phi) is 7.06. The van der Waals surface area contributed by atoms with Gasteiger partial charge in [0.2, 0.25) is 0 Å². The van der Waals surface area contributed by atoms with Crippen LogP contribution in [0.4, 0.5) is 0 Å². The molecule has 0 aromatic heterocycles. The summed E-state index contributed by atoms with van der Waals surface area (Å²) in [7, 11) is 0. The first-order valence-electron chi connectivity index (χ1n) is 6.02. The van der Waals surface area contributed by atoms with E-state index in [1.807, 2.05) is 0 Å². The van der Waals surface area contributed by atoms with E-state index in [9.17, 15) is 19.5 Å². The zero-order chi connectivity index (χ0) is 15.1. The molecular weight excluding hydrogens is 256 g/mol. The summed E-state index contributed by atoms with van der Waals surface area (Å²) in [6, 6.07) is 0. The quantitative estimate of drug-likeness (QED) is 0.620. The summed E-state index contributed by atoms with van der Waals surface area (Å²) >= 11 is 0. The molecule has 0 amide bonds. The lowest BCUT2D eigenvalue weighted by Crippen LogP contribution is -2.43. The molecule has 0 aromatic rings. The van der Waals surface area contributed by atoms with Crippen molar-refractivity contribution in [1.82, 2.24) is 0 Å².